The second-order valence-corrected chi connectivity index (χ2v) is 5.51. The fraction of sp³-hybridized carbons (Fsp3) is 0.412. The molecule has 3 rings (SSSR count). The Balaban J connectivity index is 1.61. The number of hydrogen-bond donors (Lipinski definition) is 2. The van der Waals surface area contributed by atoms with E-state index in [0.717, 1.165) is 36.3 Å². The van der Waals surface area contributed by atoms with Gasteiger partial charge in [-0.25, -0.2) is 0 Å². The summed E-state index contributed by atoms with van der Waals surface area (Å²) in [5.74, 6) is 1.93. The molecule has 3 nitrogen and oxygen atoms in total. The molecule has 1 atom stereocenters. The van der Waals surface area contributed by atoms with Gasteiger partial charge in [-0.2, -0.15) is 0 Å². The van der Waals surface area contributed by atoms with E-state index in [1.165, 1.54) is 5.56 Å². The third-order valence-corrected chi connectivity index (χ3v) is 4.11. The summed E-state index contributed by atoms with van der Waals surface area (Å²) in [6.45, 7) is 3.30. The van der Waals surface area contributed by atoms with Crippen LogP contribution in [0.5, 0.6) is 0 Å². The van der Waals surface area contributed by atoms with Crippen molar-refractivity contribution in [2.75, 3.05) is 6.54 Å². The summed E-state index contributed by atoms with van der Waals surface area (Å²) in [6.07, 6.45) is 2.66. The highest BCUT2D eigenvalue weighted by atomic mass is 16.3. The van der Waals surface area contributed by atoms with Gasteiger partial charge in [-0.1, -0.05) is 31.2 Å². The number of hydrogen-bond acceptors (Lipinski definition) is 3. The Morgan fingerprint density at radius 1 is 1.20 bits per heavy atom. The first-order valence-corrected chi connectivity index (χ1v) is 7.30. The average Bonchev–Trinajstić information content (AvgIpc) is 3.05. The van der Waals surface area contributed by atoms with Crippen molar-refractivity contribution in [2.45, 2.75) is 38.3 Å². The number of fused-ring (bicyclic) bond motifs is 1. The van der Waals surface area contributed by atoms with Crippen LogP contribution in [-0.2, 0) is 25.0 Å². The summed E-state index contributed by atoms with van der Waals surface area (Å²) in [6, 6.07) is 12.2. The van der Waals surface area contributed by atoms with Crippen molar-refractivity contribution in [3.8, 4) is 0 Å². The number of nitrogens with one attached hydrogen (secondary N) is 1. The summed E-state index contributed by atoms with van der Waals surface area (Å²) in [4.78, 5) is 0. The maximum atomic E-state index is 10.8. The van der Waals surface area contributed by atoms with Crippen LogP contribution < -0.4 is 5.32 Å². The van der Waals surface area contributed by atoms with Crippen LogP contribution in [0.2, 0.25) is 0 Å². The molecule has 3 heteroatoms. The molecular weight excluding hydrogens is 250 g/mol. The zero-order valence-electron chi connectivity index (χ0n) is 11.9. The lowest BCUT2D eigenvalue weighted by Gasteiger charge is -2.24. The van der Waals surface area contributed by atoms with Crippen molar-refractivity contribution >= 4 is 0 Å². The number of furan rings is 1. The van der Waals surface area contributed by atoms with Crippen molar-refractivity contribution in [3.63, 3.8) is 0 Å². The Morgan fingerprint density at radius 3 is 2.80 bits per heavy atom. The molecule has 20 heavy (non-hydrogen) atoms. The van der Waals surface area contributed by atoms with Crippen LogP contribution in [0.3, 0.4) is 0 Å². The Labute approximate surface area is 119 Å². The van der Waals surface area contributed by atoms with Crippen molar-refractivity contribution in [1.29, 1.82) is 0 Å². The topological polar surface area (TPSA) is 45.4 Å². The van der Waals surface area contributed by atoms with Gasteiger partial charge in [0.25, 0.3) is 0 Å². The Bertz CT molecular complexity index is 590. The van der Waals surface area contributed by atoms with Crippen LogP contribution in [0, 0.1) is 0 Å². The minimum absolute atomic E-state index is 0.562. The monoisotopic (exact) mass is 271 g/mol. The molecule has 0 aliphatic heterocycles. The summed E-state index contributed by atoms with van der Waals surface area (Å²) in [5.41, 5.74) is 1.60. The molecule has 1 aliphatic carbocycles. The number of aliphatic hydroxyl groups is 1. The Hall–Kier alpha value is -1.58. The number of aryl methyl sites for hydroxylation is 2. The van der Waals surface area contributed by atoms with E-state index in [1.54, 1.807) is 0 Å². The molecule has 0 amide bonds. The number of benzene rings is 1. The SMILES string of the molecule is CCc1ccc(CNCC2(O)CCc3ccccc32)o1. The highest BCUT2D eigenvalue weighted by Crippen LogP contribution is 2.36. The predicted octanol–water partition coefficient (Wildman–Crippen LogP) is 2.77. The molecular formula is C17H21NO2. The lowest BCUT2D eigenvalue weighted by molar-refractivity contribution is 0.0380. The standard InChI is InChI=1S/C17H21NO2/c1-2-14-7-8-15(20-14)11-18-12-17(19)10-9-13-5-3-4-6-16(13)17/h3-8,18-19H,2,9-12H2,1H3. The van der Waals surface area contributed by atoms with Crippen molar-refractivity contribution in [2.24, 2.45) is 0 Å². The van der Waals surface area contributed by atoms with Gasteiger partial charge in [-0.15, -0.1) is 0 Å². The zero-order valence-corrected chi connectivity index (χ0v) is 11.9. The van der Waals surface area contributed by atoms with E-state index in [1.807, 2.05) is 30.3 Å². The minimum atomic E-state index is -0.739. The second-order valence-electron chi connectivity index (χ2n) is 5.51. The highest BCUT2D eigenvalue weighted by molar-refractivity contribution is 5.37. The Kier molecular flexibility index (Phi) is 3.64. The predicted molar refractivity (Wildman–Crippen MR) is 78.5 cm³/mol. The van der Waals surface area contributed by atoms with Crippen molar-refractivity contribution < 1.29 is 9.52 Å². The van der Waals surface area contributed by atoms with E-state index in [-0.39, 0.29) is 0 Å². The molecule has 1 heterocycles. The molecule has 1 aromatic carbocycles. The molecule has 1 unspecified atom stereocenters. The van der Waals surface area contributed by atoms with Crippen molar-refractivity contribution in [3.05, 3.63) is 59.0 Å². The van der Waals surface area contributed by atoms with Gasteiger partial charge in [0.05, 0.1) is 6.54 Å². The fourth-order valence-electron chi connectivity index (χ4n) is 2.95. The van der Waals surface area contributed by atoms with Gasteiger partial charge in [0.1, 0.15) is 17.1 Å². The van der Waals surface area contributed by atoms with E-state index < -0.39 is 5.60 Å². The largest absolute Gasteiger partial charge is 0.465 e. The second kappa shape index (κ2) is 5.43. The van der Waals surface area contributed by atoms with Gasteiger partial charge in [0, 0.05) is 13.0 Å². The van der Waals surface area contributed by atoms with Gasteiger partial charge in [-0.05, 0) is 36.1 Å². The third kappa shape index (κ3) is 2.51. The minimum Gasteiger partial charge on any atom is -0.465 e. The van der Waals surface area contributed by atoms with Crippen LogP contribution in [0.1, 0.15) is 36.0 Å². The molecule has 106 valence electrons. The van der Waals surface area contributed by atoms with E-state index in [4.69, 9.17) is 4.42 Å². The average molecular weight is 271 g/mol. The van der Waals surface area contributed by atoms with E-state index >= 15 is 0 Å². The highest BCUT2D eigenvalue weighted by Gasteiger charge is 2.35. The van der Waals surface area contributed by atoms with Gasteiger partial charge < -0.3 is 14.8 Å². The molecule has 1 aliphatic rings. The van der Waals surface area contributed by atoms with Crippen LogP contribution in [0.4, 0.5) is 0 Å². The van der Waals surface area contributed by atoms with Gasteiger partial charge in [0.2, 0.25) is 0 Å². The summed E-state index contributed by atoms with van der Waals surface area (Å²) in [5, 5.41) is 14.1. The molecule has 2 aromatic rings. The fourth-order valence-corrected chi connectivity index (χ4v) is 2.95. The van der Waals surface area contributed by atoms with E-state index in [0.29, 0.717) is 13.1 Å². The maximum Gasteiger partial charge on any atom is 0.117 e. The Morgan fingerprint density at radius 2 is 2.00 bits per heavy atom. The molecule has 0 fully saturated rings. The molecule has 2 N–H and O–H groups in total. The lowest BCUT2D eigenvalue weighted by atomic mass is 9.96. The van der Waals surface area contributed by atoms with Crippen LogP contribution >= 0.6 is 0 Å². The van der Waals surface area contributed by atoms with E-state index in [2.05, 4.69) is 18.3 Å². The molecule has 0 spiro atoms. The summed E-state index contributed by atoms with van der Waals surface area (Å²) in [7, 11) is 0. The first-order chi connectivity index (χ1) is 9.71. The first-order valence-electron chi connectivity index (χ1n) is 7.30. The maximum absolute atomic E-state index is 10.8. The van der Waals surface area contributed by atoms with E-state index in [9.17, 15) is 5.11 Å². The quantitative estimate of drug-likeness (QED) is 0.879. The zero-order chi connectivity index (χ0) is 14.0. The van der Waals surface area contributed by atoms with Gasteiger partial charge in [-0.3, -0.25) is 0 Å². The molecule has 0 saturated heterocycles. The lowest BCUT2D eigenvalue weighted by Crippen LogP contribution is -2.35. The van der Waals surface area contributed by atoms with Gasteiger partial charge >= 0.3 is 0 Å². The third-order valence-electron chi connectivity index (χ3n) is 4.11. The normalized spacial score (nSPS) is 21.1. The first kappa shape index (κ1) is 13.4. The van der Waals surface area contributed by atoms with Gasteiger partial charge in [0.15, 0.2) is 0 Å². The van der Waals surface area contributed by atoms with Crippen LogP contribution in [0.25, 0.3) is 0 Å². The van der Waals surface area contributed by atoms with Crippen molar-refractivity contribution in [1.82, 2.24) is 5.32 Å². The number of rotatable bonds is 5. The van der Waals surface area contributed by atoms with Crippen LogP contribution in [0.15, 0.2) is 40.8 Å². The molecule has 0 saturated carbocycles. The summed E-state index contributed by atoms with van der Waals surface area (Å²) >= 11 is 0. The summed E-state index contributed by atoms with van der Waals surface area (Å²) < 4.78 is 5.66. The van der Waals surface area contributed by atoms with Crippen LogP contribution in [-0.4, -0.2) is 11.7 Å². The molecule has 1 aromatic heterocycles. The molecule has 0 radical (unpaired) electrons. The molecule has 0 bridgehead atoms. The smallest absolute Gasteiger partial charge is 0.117 e.